The number of fused-ring (bicyclic) bond motifs is 2. The molecule has 2 aromatic rings. The van der Waals surface area contributed by atoms with E-state index in [4.69, 9.17) is 9.26 Å². The van der Waals surface area contributed by atoms with Gasteiger partial charge in [0.25, 0.3) is 0 Å². The van der Waals surface area contributed by atoms with Gasteiger partial charge in [-0.2, -0.15) is 8.42 Å². The molecule has 1 saturated heterocycles. The van der Waals surface area contributed by atoms with E-state index in [1.807, 2.05) is 0 Å². The van der Waals surface area contributed by atoms with E-state index in [9.17, 15) is 13.2 Å². The molecule has 0 unspecified atom stereocenters. The molecule has 2 amide bonds. The minimum atomic E-state index is -4.25. The molecule has 180 valence electrons. The van der Waals surface area contributed by atoms with Gasteiger partial charge in [-0.3, -0.25) is 0 Å². The van der Waals surface area contributed by atoms with Crippen LogP contribution in [0.1, 0.15) is 59.2 Å². The molecule has 3 aliphatic rings. The van der Waals surface area contributed by atoms with Crippen LogP contribution in [-0.4, -0.2) is 68.4 Å². The summed E-state index contributed by atoms with van der Waals surface area (Å²) >= 11 is 0. The summed E-state index contributed by atoms with van der Waals surface area (Å²) < 4.78 is 41.2. The van der Waals surface area contributed by atoms with Crippen LogP contribution < -0.4 is 14.3 Å². The van der Waals surface area contributed by atoms with Crippen molar-refractivity contribution >= 4 is 57.4 Å². The molecule has 2 N–H and O–H groups in total. The number of nitrogens with zero attached hydrogens (tertiary/aromatic N) is 2. The van der Waals surface area contributed by atoms with Crippen molar-refractivity contribution in [2.24, 2.45) is 0 Å². The minimum absolute atomic E-state index is 0. The van der Waals surface area contributed by atoms with Crippen LogP contribution in [0.2, 0.25) is 0 Å². The van der Waals surface area contributed by atoms with E-state index in [-0.39, 0.29) is 41.5 Å². The van der Waals surface area contributed by atoms with Gasteiger partial charge in [-0.15, -0.1) is 0 Å². The quantitative estimate of drug-likeness (QED) is 0.613. The van der Waals surface area contributed by atoms with Gasteiger partial charge in [-0.1, -0.05) is 11.2 Å². The topological polar surface area (TPSA) is 114 Å². The number of urea groups is 1. The van der Waals surface area contributed by atoms with Gasteiger partial charge in [0, 0.05) is 24.5 Å². The zero-order chi connectivity index (χ0) is 23.2. The molecule has 1 aliphatic heterocycles. The molecule has 2 aliphatic carbocycles. The predicted octanol–water partition coefficient (Wildman–Crippen LogP) is 2.67. The fraction of sp³-hybridized carbons (Fsp3) is 0.565. The molecule has 2 heterocycles. The second-order valence-electron chi connectivity index (χ2n) is 9.13. The molecule has 0 saturated carbocycles. The fourth-order valence-electron chi connectivity index (χ4n) is 5.27. The Morgan fingerprint density at radius 1 is 1.06 bits per heavy atom. The first kappa shape index (κ1) is 25.5. The summed E-state index contributed by atoms with van der Waals surface area (Å²) in [5.41, 5.74) is 6.87. The van der Waals surface area contributed by atoms with Crippen LogP contribution in [0, 0.1) is 13.8 Å². The summed E-state index contributed by atoms with van der Waals surface area (Å²) in [6.45, 7) is 4.40. The maximum atomic E-state index is 13.5. The Labute approximate surface area is 222 Å². The Morgan fingerprint density at radius 2 is 1.68 bits per heavy atom. The number of nitrogens with one attached hydrogen (secondary N) is 2. The van der Waals surface area contributed by atoms with E-state index in [2.05, 4.69) is 21.3 Å². The Balaban J connectivity index is 0.00000274. The average molecular weight is 499 g/mol. The van der Waals surface area contributed by atoms with E-state index >= 15 is 0 Å². The molecule has 1 aromatic heterocycles. The second-order valence-corrected chi connectivity index (χ2v) is 10.7. The number of ether oxygens (including phenoxy) is 1. The van der Waals surface area contributed by atoms with E-state index in [0.717, 1.165) is 55.3 Å². The van der Waals surface area contributed by atoms with Gasteiger partial charge >= 0.3 is 45.8 Å². The van der Waals surface area contributed by atoms with Crippen molar-refractivity contribution in [3.63, 3.8) is 0 Å². The summed E-state index contributed by atoms with van der Waals surface area (Å²) in [5.74, 6) is 0.140. The second kappa shape index (κ2) is 10.2. The number of benzene rings is 1. The Hall–Kier alpha value is -1.59. The first-order valence-electron chi connectivity index (χ1n) is 11.7. The van der Waals surface area contributed by atoms with Crippen molar-refractivity contribution in [3.05, 3.63) is 39.6 Å². The van der Waals surface area contributed by atoms with Gasteiger partial charge in [0.1, 0.15) is 0 Å². The molecular weight excluding hydrogens is 467 g/mol. The molecule has 11 heteroatoms. The van der Waals surface area contributed by atoms with Crippen LogP contribution in [-0.2, 0) is 40.6 Å². The first-order valence-corrected chi connectivity index (χ1v) is 13.1. The normalized spacial score (nSPS) is 17.6. The van der Waals surface area contributed by atoms with Gasteiger partial charge in [0.15, 0.2) is 0 Å². The molecule has 0 spiro atoms. The number of carbonyl (C=O) groups excluding carboxylic acids is 1. The fourth-order valence-corrected chi connectivity index (χ4v) is 6.65. The van der Waals surface area contributed by atoms with Crippen LogP contribution in [0.25, 0.3) is 0 Å². The third-order valence-corrected chi connectivity index (χ3v) is 8.47. The molecule has 9 nitrogen and oxygen atoms in total. The number of amides is 2. The van der Waals surface area contributed by atoms with Gasteiger partial charge in [-0.25, -0.2) is 13.8 Å². The number of hydrogen-bond donors (Lipinski definition) is 2. The monoisotopic (exact) mass is 498 g/mol. The molecule has 0 atom stereocenters. The molecule has 1 aromatic carbocycles. The van der Waals surface area contributed by atoms with E-state index in [1.54, 1.807) is 13.8 Å². The molecule has 1 fully saturated rings. The van der Waals surface area contributed by atoms with Gasteiger partial charge in [-0.05, 0) is 87.5 Å². The Kier molecular flexibility index (Phi) is 7.64. The third kappa shape index (κ3) is 4.75. The Morgan fingerprint density at radius 3 is 2.24 bits per heavy atom. The van der Waals surface area contributed by atoms with E-state index in [0.29, 0.717) is 37.3 Å². The van der Waals surface area contributed by atoms with Crippen LogP contribution in [0.3, 0.4) is 0 Å². The Bertz CT molecular complexity index is 1160. The third-order valence-electron chi connectivity index (χ3n) is 7.05. The van der Waals surface area contributed by atoms with Crippen LogP contribution in [0.5, 0.6) is 0 Å². The number of aromatic nitrogens is 1. The molecule has 5 rings (SSSR count). The average Bonchev–Trinajstić information content (AvgIpc) is 3.51. The zero-order valence-corrected chi connectivity index (χ0v) is 19.9. The van der Waals surface area contributed by atoms with Gasteiger partial charge in [0.05, 0.1) is 11.7 Å². The van der Waals surface area contributed by atoms with Crippen molar-refractivity contribution in [3.8, 4) is 0 Å². The predicted molar refractivity (Wildman–Crippen MR) is 131 cm³/mol. The number of anilines is 2. The summed E-state index contributed by atoms with van der Waals surface area (Å²) in [5, 5.41) is 6.83. The number of hydrogen-bond acceptors (Lipinski definition) is 6. The van der Waals surface area contributed by atoms with Crippen molar-refractivity contribution < 1.29 is 22.5 Å². The van der Waals surface area contributed by atoms with Crippen molar-refractivity contribution in [1.82, 2.24) is 9.88 Å². The molecule has 0 bridgehead atoms. The summed E-state index contributed by atoms with van der Waals surface area (Å²) in [4.78, 5) is 13.0. The van der Waals surface area contributed by atoms with Crippen LogP contribution in [0.4, 0.5) is 16.4 Å². The maximum absolute atomic E-state index is 13.5. The number of aryl methyl sites for hydroxylation is 3. The molecular formula is C23H31N4NaO5S. The standard InChI is InChI=1S/C23H30N4O5S.Na.H/c1-14-15(2)25-32-22(14)27(18-9-11-31-12-10-18)33(29,30)26-23(28)24-21-19-7-3-5-16(19)13-17-6-4-8-20(17)21;;/h13,18H,3-12H2,1-2H3,(H2,24,26,28);;. The molecule has 34 heavy (non-hydrogen) atoms. The molecule has 0 radical (unpaired) electrons. The van der Waals surface area contributed by atoms with Crippen LogP contribution in [0.15, 0.2) is 10.6 Å². The van der Waals surface area contributed by atoms with Crippen molar-refractivity contribution in [2.75, 3.05) is 22.8 Å². The zero-order valence-electron chi connectivity index (χ0n) is 19.1. The van der Waals surface area contributed by atoms with E-state index < -0.39 is 16.2 Å². The summed E-state index contributed by atoms with van der Waals surface area (Å²) in [7, 11) is -4.25. The number of carbonyl (C=O) groups is 1. The summed E-state index contributed by atoms with van der Waals surface area (Å²) in [6.07, 6.45) is 6.90. The SMILES string of the molecule is Cc1noc(N(C2CCOCC2)S(=O)(=O)NC(=O)Nc2c3c(cc4c2CCC4)CCC3)c1C.[NaH]. The van der Waals surface area contributed by atoms with Crippen molar-refractivity contribution in [2.45, 2.75) is 71.3 Å². The van der Waals surface area contributed by atoms with E-state index in [1.165, 1.54) is 15.4 Å². The van der Waals surface area contributed by atoms with Crippen molar-refractivity contribution in [1.29, 1.82) is 0 Å². The van der Waals surface area contributed by atoms with Gasteiger partial charge < -0.3 is 14.6 Å². The van der Waals surface area contributed by atoms with Gasteiger partial charge in [0.2, 0.25) is 5.88 Å². The number of rotatable bonds is 5. The first-order chi connectivity index (χ1) is 15.8. The van der Waals surface area contributed by atoms with Crippen LogP contribution >= 0.6 is 0 Å². The summed E-state index contributed by atoms with van der Waals surface area (Å²) in [6, 6.07) is 1.13.